The SMILES string of the molecule is C/C=C/[C@@H](c1ccccc1)[C@](C)(NC(=O)OC(C)(C)C)C(=O)OC. The van der Waals surface area contributed by atoms with Crippen LogP contribution in [0.1, 0.15) is 46.1 Å². The highest BCUT2D eigenvalue weighted by molar-refractivity contribution is 5.87. The van der Waals surface area contributed by atoms with Gasteiger partial charge >= 0.3 is 12.1 Å². The number of rotatable bonds is 5. The second-order valence-electron chi connectivity index (χ2n) is 6.73. The van der Waals surface area contributed by atoms with Gasteiger partial charge in [-0.1, -0.05) is 42.5 Å². The van der Waals surface area contributed by atoms with Gasteiger partial charge in [0.25, 0.3) is 0 Å². The van der Waals surface area contributed by atoms with E-state index in [1.165, 1.54) is 7.11 Å². The molecular weight excluding hydrogens is 306 g/mol. The molecule has 0 fully saturated rings. The van der Waals surface area contributed by atoms with Gasteiger partial charge in [0.05, 0.1) is 7.11 Å². The Morgan fingerprint density at radius 3 is 2.17 bits per heavy atom. The molecule has 5 heteroatoms. The van der Waals surface area contributed by atoms with E-state index in [0.717, 1.165) is 5.56 Å². The third-order valence-corrected chi connectivity index (χ3v) is 3.54. The Morgan fingerprint density at radius 2 is 1.71 bits per heavy atom. The molecule has 1 rings (SSSR count). The lowest BCUT2D eigenvalue weighted by Gasteiger charge is -2.35. The van der Waals surface area contributed by atoms with E-state index < -0.39 is 29.1 Å². The Labute approximate surface area is 144 Å². The summed E-state index contributed by atoms with van der Waals surface area (Å²) in [6.07, 6.45) is 3.04. The number of methoxy groups -OCH3 is 1. The van der Waals surface area contributed by atoms with Crippen LogP contribution in [0.5, 0.6) is 0 Å². The van der Waals surface area contributed by atoms with Gasteiger partial charge in [0, 0.05) is 5.92 Å². The van der Waals surface area contributed by atoms with Gasteiger partial charge in [0.1, 0.15) is 11.1 Å². The van der Waals surface area contributed by atoms with E-state index in [4.69, 9.17) is 9.47 Å². The van der Waals surface area contributed by atoms with Crippen molar-refractivity contribution in [2.45, 2.75) is 51.7 Å². The normalized spacial score (nSPS) is 15.4. The maximum absolute atomic E-state index is 12.5. The highest BCUT2D eigenvalue weighted by atomic mass is 16.6. The van der Waals surface area contributed by atoms with Crippen LogP contribution in [0.25, 0.3) is 0 Å². The summed E-state index contributed by atoms with van der Waals surface area (Å²) < 4.78 is 10.3. The Kier molecular flexibility index (Phi) is 6.58. The highest BCUT2D eigenvalue weighted by Crippen LogP contribution is 2.31. The fourth-order valence-corrected chi connectivity index (χ4v) is 2.47. The van der Waals surface area contributed by atoms with E-state index in [1.54, 1.807) is 27.7 Å². The minimum Gasteiger partial charge on any atom is -0.467 e. The van der Waals surface area contributed by atoms with Gasteiger partial charge in [0.15, 0.2) is 0 Å². The molecule has 0 aromatic heterocycles. The van der Waals surface area contributed by atoms with Crippen molar-refractivity contribution in [3.8, 4) is 0 Å². The second-order valence-corrected chi connectivity index (χ2v) is 6.73. The number of alkyl carbamates (subject to hydrolysis) is 1. The zero-order valence-corrected chi connectivity index (χ0v) is 15.3. The molecule has 1 aromatic carbocycles. The predicted octanol–water partition coefficient (Wildman–Crippen LogP) is 3.80. The molecule has 0 bridgehead atoms. The number of amides is 1. The van der Waals surface area contributed by atoms with Gasteiger partial charge in [0.2, 0.25) is 0 Å². The fraction of sp³-hybridized carbons (Fsp3) is 0.474. The molecule has 1 N–H and O–H groups in total. The number of nitrogens with one attached hydrogen (secondary N) is 1. The number of hydrogen-bond donors (Lipinski definition) is 1. The van der Waals surface area contributed by atoms with Gasteiger partial charge in [-0.3, -0.25) is 0 Å². The first-order valence-corrected chi connectivity index (χ1v) is 7.91. The molecule has 132 valence electrons. The Morgan fingerprint density at radius 1 is 1.12 bits per heavy atom. The molecule has 2 atom stereocenters. The van der Waals surface area contributed by atoms with Crippen molar-refractivity contribution in [2.24, 2.45) is 0 Å². The largest absolute Gasteiger partial charge is 0.467 e. The maximum Gasteiger partial charge on any atom is 0.408 e. The quantitative estimate of drug-likeness (QED) is 0.657. The number of benzene rings is 1. The number of carbonyl (C=O) groups is 2. The molecular formula is C19H27NO4. The second kappa shape index (κ2) is 7.99. The van der Waals surface area contributed by atoms with Crippen molar-refractivity contribution in [3.05, 3.63) is 48.0 Å². The molecule has 0 radical (unpaired) electrons. The highest BCUT2D eigenvalue weighted by Gasteiger charge is 2.44. The van der Waals surface area contributed by atoms with E-state index >= 15 is 0 Å². The zero-order chi connectivity index (χ0) is 18.4. The molecule has 0 heterocycles. The van der Waals surface area contributed by atoms with Crippen molar-refractivity contribution in [1.29, 1.82) is 0 Å². The lowest BCUT2D eigenvalue weighted by Crippen LogP contribution is -2.57. The first-order valence-electron chi connectivity index (χ1n) is 7.91. The zero-order valence-electron chi connectivity index (χ0n) is 15.3. The molecule has 24 heavy (non-hydrogen) atoms. The van der Waals surface area contributed by atoms with E-state index in [2.05, 4.69) is 5.32 Å². The molecule has 1 amide bonds. The van der Waals surface area contributed by atoms with Crippen LogP contribution >= 0.6 is 0 Å². The first kappa shape index (κ1) is 19.7. The monoisotopic (exact) mass is 333 g/mol. The number of hydrogen-bond acceptors (Lipinski definition) is 4. The number of carbonyl (C=O) groups excluding carboxylic acids is 2. The molecule has 0 aliphatic carbocycles. The summed E-state index contributed by atoms with van der Waals surface area (Å²) in [5.41, 5.74) is -1.07. The Balaban J connectivity index is 3.26. The summed E-state index contributed by atoms with van der Waals surface area (Å²) in [6.45, 7) is 8.80. The Hall–Kier alpha value is -2.30. The Bertz CT molecular complexity index is 589. The van der Waals surface area contributed by atoms with Crippen molar-refractivity contribution < 1.29 is 19.1 Å². The van der Waals surface area contributed by atoms with E-state index in [0.29, 0.717) is 0 Å². The van der Waals surface area contributed by atoms with Gasteiger partial charge < -0.3 is 14.8 Å². The predicted molar refractivity (Wildman–Crippen MR) is 93.8 cm³/mol. The van der Waals surface area contributed by atoms with Crippen LogP contribution in [0.15, 0.2) is 42.5 Å². The van der Waals surface area contributed by atoms with E-state index in [1.807, 2.05) is 49.4 Å². The number of esters is 1. The minimum absolute atomic E-state index is 0.399. The molecule has 0 saturated carbocycles. The van der Waals surface area contributed by atoms with Crippen LogP contribution < -0.4 is 5.32 Å². The van der Waals surface area contributed by atoms with Crippen LogP contribution in [0.2, 0.25) is 0 Å². The van der Waals surface area contributed by atoms with Crippen LogP contribution in [-0.2, 0) is 14.3 Å². The van der Waals surface area contributed by atoms with Crippen molar-refractivity contribution >= 4 is 12.1 Å². The van der Waals surface area contributed by atoms with Gasteiger partial charge in [-0.05, 0) is 40.2 Å². The molecule has 0 unspecified atom stereocenters. The van der Waals surface area contributed by atoms with Gasteiger partial charge in [-0.2, -0.15) is 0 Å². The third-order valence-electron chi connectivity index (χ3n) is 3.54. The minimum atomic E-state index is -1.30. The van der Waals surface area contributed by atoms with Crippen LogP contribution in [0, 0.1) is 0 Å². The van der Waals surface area contributed by atoms with E-state index in [9.17, 15) is 9.59 Å². The third kappa shape index (κ3) is 5.11. The smallest absolute Gasteiger partial charge is 0.408 e. The topological polar surface area (TPSA) is 64.6 Å². The molecule has 5 nitrogen and oxygen atoms in total. The average molecular weight is 333 g/mol. The van der Waals surface area contributed by atoms with Crippen molar-refractivity contribution in [3.63, 3.8) is 0 Å². The summed E-state index contributed by atoms with van der Waals surface area (Å²) in [5, 5.41) is 2.70. The molecule has 0 spiro atoms. The van der Waals surface area contributed by atoms with E-state index in [-0.39, 0.29) is 0 Å². The molecule has 0 aliphatic rings. The summed E-state index contributed by atoms with van der Waals surface area (Å²) in [5.74, 6) is -0.941. The van der Waals surface area contributed by atoms with Crippen LogP contribution in [-0.4, -0.2) is 30.3 Å². The summed E-state index contributed by atoms with van der Waals surface area (Å²) in [4.78, 5) is 24.8. The summed E-state index contributed by atoms with van der Waals surface area (Å²) in [6, 6.07) is 9.48. The first-order chi connectivity index (χ1) is 11.1. The molecule has 0 aliphatic heterocycles. The lowest BCUT2D eigenvalue weighted by molar-refractivity contribution is -0.148. The van der Waals surface area contributed by atoms with Crippen molar-refractivity contribution in [1.82, 2.24) is 5.32 Å². The molecule has 1 aromatic rings. The fourth-order valence-electron chi connectivity index (χ4n) is 2.47. The number of allylic oxidation sites excluding steroid dienone is 1. The maximum atomic E-state index is 12.5. The summed E-state index contributed by atoms with van der Waals surface area (Å²) in [7, 11) is 1.30. The molecule has 0 saturated heterocycles. The van der Waals surface area contributed by atoms with Crippen LogP contribution in [0.4, 0.5) is 4.79 Å². The number of ether oxygens (including phenoxy) is 2. The standard InChI is InChI=1S/C19H27NO4/c1-7-11-15(14-12-9-8-10-13-14)19(5,16(21)23-6)20-17(22)24-18(2,3)4/h7-13,15H,1-6H3,(H,20,22)/b11-7+/t15-,19-/m0/s1. The van der Waals surface area contributed by atoms with Crippen molar-refractivity contribution in [2.75, 3.05) is 7.11 Å². The average Bonchev–Trinajstić information content (AvgIpc) is 2.50. The lowest BCUT2D eigenvalue weighted by atomic mass is 9.80. The summed E-state index contributed by atoms with van der Waals surface area (Å²) >= 11 is 0. The van der Waals surface area contributed by atoms with Gasteiger partial charge in [-0.25, -0.2) is 9.59 Å². The van der Waals surface area contributed by atoms with Crippen LogP contribution in [0.3, 0.4) is 0 Å². The van der Waals surface area contributed by atoms with Gasteiger partial charge in [-0.15, -0.1) is 0 Å².